The van der Waals surface area contributed by atoms with E-state index in [1.165, 1.54) is 12.1 Å². The van der Waals surface area contributed by atoms with Gasteiger partial charge in [0.05, 0.1) is 4.90 Å². The summed E-state index contributed by atoms with van der Waals surface area (Å²) in [5.74, 6) is -2.58. The van der Waals surface area contributed by atoms with E-state index < -0.39 is 31.8 Å². The van der Waals surface area contributed by atoms with Crippen LogP contribution in [-0.4, -0.2) is 33.7 Å². The van der Waals surface area contributed by atoms with Gasteiger partial charge in [-0.25, -0.2) is 22.0 Å². The third kappa shape index (κ3) is 4.31. The molecule has 0 atom stereocenters. The van der Waals surface area contributed by atoms with Crippen molar-refractivity contribution in [3.63, 3.8) is 0 Å². The van der Waals surface area contributed by atoms with E-state index in [9.17, 15) is 21.6 Å². The van der Waals surface area contributed by atoms with E-state index >= 15 is 0 Å². The highest BCUT2D eigenvalue weighted by molar-refractivity contribution is 7.93. The highest BCUT2D eigenvalue weighted by Gasteiger charge is 2.15. The SMILES string of the molecule is NS(=O)(=O)c1ccc(NS(=O)(=O)CC(=O)O)cc1. The molecule has 0 fully saturated rings. The summed E-state index contributed by atoms with van der Waals surface area (Å²) >= 11 is 0. The molecule has 0 heterocycles. The standard InChI is InChI=1S/C8H10N2O6S2/c9-18(15,16)7-3-1-6(2-4-7)10-17(13,14)5-8(11)12/h1-4,10H,5H2,(H,11,12)(H2,9,15,16). The lowest BCUT2D eigenvalue weighted by Crippen LogP contribution is -2.22. The number of benzene rings is 1. The minimum absolute atomic E-state index is 0.0450. The minimum Gasteiger partial charge on any atom is -0.480 e. The van der Waals surface area contributed by atoms with Crippen LogP contribution in [0.25, 0.3) is 0 Å². The topological polar surface area (TPSA) is 144 Å². The largest absolute Gasteiger partial charge is 0.480 e. The Morgan fingerprint density at radius 1 is 1.17 bits per heavy atom. The second kappa shape index (κ2) is 4.92. The maximum Gasteiger partial charge on any atom is 0.320 e. The maximum atomic E-state index is 11.3. The van der Waals surface area contributed by atoms with Crippen molar-refractivity contribution in [1.82, 2.24) is 0 Å². The molecular formula is C8H10N2O6S2. The van der Waals surface area contributed by atoms with Crippen molar-refractivity contribution in [2.45, 2.75) is 4.90 Å². The number of carbonyl (C=O) groups is 1. The Kier molecular flexibility index (Phi) is 3.94. The molecule has 1 aromatic rings. The lowest BCUT2D eigenvalue weighted by Gasteiger charge is -2.06. The molecule has 18 heavy (non-hydrogen) atoms. The van der Waals surface area contributed by atoms with Crippen LogP contribution in [0.5, 0.6) is 0 Å². The fourth-order valence-corrected chi connectivity index (χ4v) is 2.50. The van der Waals surface area contributed by atoms with Gasteiger partial charge in [-0.3, -0.25) is 9.52 Å². The zero-order chi connectivity index (χ0) is 14.0. The monoisotopic (exact) mass is 294 g/mol. The van der Waals surface area contributed by atoms with Crippen molar-refractivity contribution in [3.05, 3.63) is 24.3 Å². The lowest BCUT2D eigenvalue weighted by molar-refractivity contribution is -0.134. The smallest absolute Gasteiger partial charge is 0.320 e. The van der Waals surface area contributed by atoms with Crippen molar-refractivity contribution in [1.29, 1.82) is 0 Å². The normalized spacial score (nSPS) is 12.1. The second-order valence-electron chi connectivity index (χ2n) is 3.32. The van der Waals surface area contributed by atoms with E-state index in [0.717, 1.165) is 12.1 Å². The lowest BCUT2D eigenvalue weighted by atomic mass is 10.3. The van der Waals surface area contributed by atoms with E-state index in [-0.39, 0.29) is 10.6 Å². The van der Waals surface area contributed by atoms with Crippen molar-refractivity contribution in [2.75, 3.05) is 10.5 Å². The van der Waals surface area contributed by atoms with Crippen LogP contribution < -0.4 is 9.86 Å². The molecule has 0 bridgehead atoms. The van der Waals surface area contributed by atoms with Gasteiger partial charge in [-0.1, -0.05) is 0 Å². The average Bonchev–Trinajstić information content (AvgIpc) is 2.13. The van der Waals surface area contributed by atoms with Gasteiger partial charge in [0.25, 0.3) is 0 Å². The third-order valence-corrected chi connectivity index (χ3v) is 3.87. The summed E-state index contributed by atoms with van der Waals surface area (Å²) < 4.78 is 46.4. The highest BCUT2D eigenvalue weighted by Crippen LogP contribution is 2.14. The Morgan fingerprint density at radius 3 is 2.06 bits per heavy atom. The molecule has 1 aromatic carbocycles. The fourth-order valence-electron chi connectivity index (χ4n) is 1.09. The Bertz CT molecular complexity index is 647. The minimum atomic E-state index is -4.01. The van der Waals surface area contributed by atoms with E-state index in [0.29, 0.717) is 0 Å². The predicted molar refractivity (Wildman–Crippen MR) is 62.9 cm³/mol. The summed E-state index contributed by atoms with van der Waals surface area (Å²) in [7, 11) is -7.87. The first kappa shape index (κ1) is 14.4. The molecule has 0 aromatic heterocycles. The summed E-state index contributed by atoms with van der Waals surface area (Å²) in [6, 6.07) is 4.54. The number of nitrogens with one attached hydrogen (secondary N) is 1. The van der Waals surface area contributed by atoms with Crippen LogP contribution in [0.3, 0.4) is 0 Å². The molecule has 10 heteroatoms. The van der Waals surface area contributed by atoms with E-state index in [1.54, 1.807) is 0 Å². The summed E-state index contributed by atoms with van der Waals surface area (Å²) in [5, 5.41) is 13.2. The molecule has 0 radical (unpaired) electrons. The quantitative estimate of drug-likeness (QED) is 0.646. The number of carboxylic acids is 1. The van der Waals surface area contributed by atoms with Crippen LogP contribution in [0.1, 0.15) is 0 Å². The number of hydrogen-bond acceptors (Lipinski definition) is 5. The van der Waals surface area contributed by atoms with Crippen molar-refractivity contribution < 1.29 is 26.7 Å². The first-order valence-corrected chi connectivity index (χ1v) is 7.65. The van der Waals surface area contributed by atoms with Gasteiger partial charge in [0, 0.05) is 5.69 Å². The molecule has 1 rings (SSSR count). The average molecular weight is 294 g/mol. The predicted octanol–water partition coefficient (Wildman–Crippen LogP) is -0.840. The number of nitrogens with two attached hydrogens (primary N) is 1. The molecule has 0 aliphatic heterocycles. The van der Waals surface area contributed by atoms with Crippen molar-refractivity contribution in [3.8, 4) is 0 Å². The fraction of sp³-hybridized carbons (Fsp3) is 0.125. The maximum absolute atomic E-state index is 11.3. The number of anilines is 1. The summed E-state index contributed by atoms with van der Waals surface area (Å²) in [6.07, 6.45) is 0. The van der Waals surface area contributed by atoms with Crippen LogP contribution in [-0.2, 0) is 24.8 Å². The molecule has 100 valence electrons. The van der Waals surface area contributed by atoms with E-state index in [1.807, 2.05) is 4.72 Å². The van der Waals surface area contributed by atoms with Gasteiger partial charge in [0.15, 0.2) is 5.75 Å². The second-order valence-corrected chi connectivity index (χ2v) is 6.61. The Morgan fingerprint density at radius 2 is 1.67 bits per heavy atom. The van der Waals surface area contributed by atoms with Crippen LogP contribution in [0.2, 0.25) is 0 Å². The van der Waals surface area contributed by atoms with Crippen LogP contribution in [0.15, 0.2) is 29.2 Å². The summed E-state index contributed by atoms with van der Waals surface area (Å²) in [6.45, 7) is 0. The molecule has 4 N–H and O–H groups in total. The summed E-state index contributed by atoms with van der Waals surface area (Å²) in [4.78, 5) is 10.1. The number of hydrogen-bond donors (Lipinski definition) is 3. The van der Waals surface area contributed by atoms with Gasteiger partial charge >= 0.3 is 5.97 Å². The van der Waals surface area contributed by atoms with Gasteiger partial charge < -0.3 is 5.11 Å². The number of rotatable bonds is 5. The van der Waals surface area contributed by atoms with E-state index in [2.05, 4.69) is 0 Å². The first-order valence-electron chi connectivity index (χ1n) is 4.45. The molecule has 0 saturated heterocycles. The molecule has 0 aliphatic carbocycles. The number of aliphatic carboxylic acids is 1. The van der Waals surface area contributed by atoms with Crippen LogP contribution in [0.4, 0.5) is 5.69 Å². The van der Waals surface area contributed by atoms with Gasteiger partial charge in [-0.05, 0) is 24.3 Å². The molecule has 0 amide bonds. The van der Waals surface area contributed by atoms with E-state index in [4.69, 9.17) is 10.2 Å². The molecule has 0 aliphatic rings. The Hall–Kier alpha value is -1.65. The van der Waals surface area contributed by atoms with Crippen molar-refractivity contribution in [2.24, 2.45) is 5.14 Å². The first-order chi connectivity index (χ1) is 8.10. The van der Waals surface area contributed by atoms with Crippen LogP contribution in [0, 0.1) is 0 Å². The zero-order valence-corrected chi connectivity index (χ0v) is 10.5. The third-order valence-electron chi connectivity index (χ3n) is 1.77. The number of carboxylic acid groups (broad SMARTS) is 1. The Balaban J connectivity index is 2.92. The van der Waals surface area contributed by atoms with Crippen molar-refractivity contribution >= 4 is 31.7 Å². The van der Waals surface area contributed by atoms with Gasteiger partial charge in [-0.15, -0.1) is 0 Å². The highest BCUT2D eigenvalue weighted by atomic mass is 32.2. The molecule has 8 nitrogen and oxygen atoms in total. The van der Waals surface area contributed by atoms with Crippen LogP contribution >= 0.6 is 0 Å². The molecule has 0 unspecified atom stereocenters. The Labute approximate surface area is 104 Å². The van der Waals surface area contributed by atoms with Gasteiger partial charge in [0.2, 0.25) is 20.0 Å². The molecule has 0 spiro atoms. The zero-order valence-electron chi connectivity index (χ0n) is 8.90. The van der Waals surface area contributed by atoms with Gasteiger partial charge in [0.1, 0.15) is 0 Å². The van der Waals surface area contributed by atoms with Gasteiger partial charge in [-0.2, -0.15) is 0 Å². The number of sulfonamides is 2. The molecular weight excluding hydrogens is 284 g/mol. The number of primary sulfonamides is 1. The molecule has 0 saturated carbocycles. The summed E-state index contributed by atoms with van der Waals surface area (Å²) in [5.41, 5.74) is 0.0450.